The number of nitrogens with zero attached hydrogens (tertiary/aromatic N) is 2. The Balaban J connectivity index is 1.54. The zero-order valence-corrected chi connectivity index (χ0v) is 11.9. The Kier molecular flexibility index (Phi) is 4.01. The smallest absolute Gasteiger partial charge is 0.248 e. The third-order valence-corrected chi connectivity index (χ3v) is 4.03. The molecule has 1 amide bonds. The van der Waals surface area contributed by atoms with Crippen LogP contribution < -0.4 is 5.73 Å². The van der Waals surface area contributed by atoms with Gasteiger partial charge < -0.3 is 10.2 Å². The standard InChI is InChI=1S/C16H19N3O2/c17-15(20)13-3-1-12(2-4-13)11-19-8-5-14(6-9-19)16-18-7-10-21-16/h1-4,7,10,14H,5-6,8-9,11H2,(H2,17,20). The van der Waals surface area contributed by atoms with Gasteiger partial charge in [-0.1, -0.05) is 12.1 Å². The van der Waals surface area contributed by atoms with Crippen LogP contribution in [0.2, 0.25) is 0 Å². The average Bonchev–Trinajstić information content (AvgIpc) is 3.03. The second-order valence-corrected chi connectivity index (χ2v) is 5.48. The topological polar surface area (TPSA) is 72.4 Å². The van der Waals surface area contributed by atoms with Crippen LogP contribution in [-0.4, -0.2) is 28.9 Å². The molecule has 1 aliphatic heterocycles. The van der Waals surface area contributed by atoms with Crippen molar-refractivity contribution >= 4 is 5.91 Å². The molecule has 0 aliphatic carbocycles. The Bertz CT molecular complexity index is 584. The van der Waals surface area contributed by atoms with Crippen LogP contribution in [0.3, 0.4) is 0 Å². The normalized spacial score (nSPS) is 17.0. The lowest BCUT2D eigenvalue weighted by molar-refractivity contribution is 0.100. The molecule has 0 atom stereocenters. The number of hydrogen-bond donors (Lipinski definition) is 1. The maximum atomic E-state index is 11.0. The number of rotatable bonds is 4. The third-order valence-electron chi connectivity index (χ3n) is 4.03. The van der Waals surface area contributed by atoms with Crippen molar-refractivity contribution < 1.29 is 9.21 Å². The van der Waals surface area contributed by atoms with Gasteiger partial charge >= 0.3 is 0 Å². The number of piperidine rings is 1. The Hall–Kier alpha value is -2.14. The molecule has 1 aliphatic rings. The van der Waals surface area contributed by atoms with E-state index in [1.165, 1.54) is 5.56 Å². The van der Waals surface area contributed by atoms with E-state index in [4.69, 9.17) is 10.2 Å². The fourth-order valence-corrected chi connectivity index (χ4v) is 2.81. The van der Waals surface area contributed by atoms with Crippen LogP contribution in [0.5, 0.6) is 0 Å². The summed E-state index contributed by atoms with van der Waals surface area (Å²) in [4.78, 5) is 17.7. The van der Waals surface area contributed by atoms with Crippen molar-refractivity contribution in [2.24, 2.45) is 5.73 Å². The lowest BCUT2D eigenvalue weighted by atomic mass is 9.96. The van der Waals surface area contributed by atoms with E-state index in [0.29, 0.717) is 11.5 Å². The Labute approximate surface area is 123 Å². The number of likely N-dealkylation sites (tertiary alicyclic amines) is 1. The van der Waals surface area contributed by atoms with Crippen molar-refractivity contribution in [2.75, 3.05) is 13.1 Å². The van der Waals surface area contributed by atoms with E-state index in [1.807, 2.05) is 12.1 Å². The minimum Gasteiger partial charge on any atom is -0.449 e. The Morgan fingerprint density at radius 2 is 2.00 bits per heavy atom. The van der Waals surface area contributed by atoms with Crippen LogP contribution >= 0.6 is 0 Å². The molecule has 21 heavy (non-hydrogen) atoms. The summed E-state index contributed by atoms with van der Waals surface area (Å²) in [6.07, 6.45) is 5.49. The number of aromatic nitrogens is 1. The molecule has 1 aromatic heterocycles. The van der Waals surface area contributed by atoms with Crippen molar-refractivity contribution in [2.45, 2.75) is 25.3 Å². The minimum atomic E-state index is -0.381. The van der Waals surface area contributed by atoms with Crippen molar-refractivity contribution in [1.82, 2.24) is 9.88 Å². The third kappa shape index (κ3) is 3.31. The van der Waals surface area contributed by atoms with E-state index < -0.39 is 0 Å². The van der Waals surface area contributed by atoms with Gasteiger partial charge in [-0.05, 0) is 43.6 Å². The molecule has 5 heteroatoms. The molecule has 1 aromatic carbocycles. The highest BCUT2D eigenvalue weighted by Gasteiger charge is 2.23. The summed E-state index contributed by atoms with van der Waals surface area (Å²) >= 11 is 0. The molecule has 5 nitrogen and oxygen atoms in total. The fourth-order valence-electron chi connectivity index (χ4n) is 2.81. The van der Waals surface area contributed by atoms with E-state index in [2.05, 4.69) is 9.88 Å². The number of carbonyl (C=O) groups is 1. The zero-order chi connectivity index (χ0) is 14.7. The molecule has 3 rings (SSSR count). The summed E-state index contributed by atoms with van der Waals surface area (Å²) in [5.74, 6) is 0.919. The predicted octanol–water partition coefficient (Wildman–Crippen LogP) is 2.15. The highest BCUT2D eigenvalue weighted by Crippen LogP contribution is 2.27. The van der Waals surface area contributed by atoms with Gasteiger partial charge in [0.2, 0.25) is 5.91 Å². The average molecular weight is 285 g/mol. The first-order valence-electron chi connectivity index (χ1n) is 7.23. The van der Waals surface area contributed by atoms with Crippen molar-refractivity contribution in [3.63, 3.8) is 0 Å². The van der Waals surface area contributed by atoms with Crippen molar-refractivity contribution in [3.05, 3.63) is 53.7 Å². The van der Waals surface area contributed by atoms with Gasteiger partial charge in [-0.15, -0.1) is 0 Å². The molecule has 0 radical (unpaired) electrons. The van der Waals surface area contributed by atoms with Crippen LogP contribution in [0.1, 0.15) is 40.6 Å². The van der Waals surface area contributed by atoms with Gasteiger partial charge in [-0.25, -0.2) is 4.98 Å². The number of nitrogens with two attached hydrogens (primary N) is 1. The largest absolute Gasteiger partial charge is 0.449 e. The second-order valence-electron chi connectivity index (χ2n) is 5.48. The fraction of sp³-hybridized carbons (Fsp3) is 0.375. The number of benzene rings is 1. The number of carbonyl (C=O) groups excluding carboxylic acids is 1. The highest BCUT2D eigenvalue weighted by atomic mass is 16.3. The summed E-state index contributed by atoms with van der Waals surface area (Å²) in [5, 5.41) is 0. The molecule has 2 aromatic rings. The summed E-state index contributed by atoms with van der Waals surface area (Å²) < 4.78 is 5.39. The Morgan fingerprint density at radius 1 is 1.29 bits per heavy atom. The van der Waals surface area contributed by atoms with Gasteiger partial charge in [0.15, 0.2) is 5.89 Å². The molecule has 110 valence electrons. The van der Waals surface area contributed by atoms with Gasteiger partial charge in [0.1, 0.15) is 6.26 Å². The van der Waals surface area contributed by atoms with E-state index in [0.717, 1.165) is 38.4 Å². The van der Waals surface area contributed by atoms with E-state index in [-0.39, 0.29) is 5.91 Å². The summed E-state index contributed by atoms with van der Waals surface area (Å²) in [7, 11) is 0. The molecule has 1 saturated heterocycles. The van der Waals surface area contributed by atoms with Gasteiger partial charge in [-0.3, -0.25) is 9.69 Å². The molecule has 1 fully saturated rings. The first-order valence-corrected chi connectivity index (χ1v) is 7.23. The van der Waals surface area contributed by atoms with E-state index in [9.17, 15) is 4.79 Å². The number of oxazole rings is 1. The number of hydrogen-bond acceptors (Lipinski definition) is 4. The molecule has 2 N–H and O–H groups in total. The van der Waals surface area contributed by atoms with Crippen molar-refractivity contribution in [1.29, 1.82) is 0 Å². The van der Waals surface area contributed by atoms with E-state index in [1.54, 1.807) is 24.6 Å². The lowest BCUT2D eigenvalue weighted by Gasteiger charge is -2.30. The molecular weight excluding hydrogens is 266 g/mol. The van der Waals surface area contributed by atoms with Crippen LogP contribution in [0.15, 0.2) is 41.1 Å². The summed E-state index contributed by atoms with van der Waals surface area (Å²) in [6, 6.07) is 7.52. The van der Waals surface area contributed by atoms with Gasteiger partial charge in [0.05, 0.1) is 6.20 Å². The van der Waals surface area contributed by atoms with Gasteiger partial charge in [0.25, 0.3) is 0 Å². The lowest BCUT2D eigenvalue weighted by Crippen LogP contribution is -2.32. The molecule has 0 spiro atoms. The molecule has 2 heterocycles. The maximum Gasteiger partial charge on any atom is 0.248 e. The molecule has 0 bridgehead atoms. The number of amides is 1. The molecular formula is C16H19N3O2. The maximum absolute atomic E-state index is 11.0. The first-order chi connectivity index (χ1) is 10.2. The Morgan fingerprint density at radius 3 is 2.57 bits per heavy atom. The minimum absolute atomic E-state index is 0.381. The van der Waals surface area contributed by atoms with Crippen molar-refractivity contribution in [3.8, 4) is 0 Å². The van der Waals surface area contributed by atoms with Crippen LogP contribution in [0.25, 0.3) is 0 Å². The predicted molar refractivity (Wildman–Crippen MR) is 78.7 cm³/mol. The highest BCUT2D eigenvalue weighted by molar-refractivity contribution is 5.92. The monoisotopic (exact) mass is 285 g/mol. The van der Waals surface area contributed by atoms with Gasteiger partial charge in [-0.2, -0.15) is 0 Å². The first kappa shape index (κ1) is 13.8. The zero-order valence-electron chi connectivity index (χ0n) is 11.9. The van der Waals surface area contributed by atoms with E-state index >= 15 is 0 Å². The number of primary amides is 1. The summed E-state index contributed by atoms with van der Waals surface area (Å²) in [5.41, 5.74) is 7.01. The van der Waals surface area contributed by atoms with Gasteiger partial charge in [0, 0.05) is 18.0 Å². The quantitative estimate of drug-likeness (QED) is 0.934. The summed E-state index contributed by atoms with van der Waals surface area (Å²) in [6.45, 7) is 2.96. The van der Waals surface area contributed by atoms with Crippen LogP contribution in [0.4, 0.5) is 0 Å². The van der Waals surface area contributed by atoms with Crippen LogP contribution in [-0.2, 0) is 6.54 Å². The second kappa shape index (κ2) is 6.10. The van der Waals surface area contributed by atoms with Crippen LogP contribution in [0, 0.1) is 0 Å². The molecule has 0 saturated carbocycles. The molecule has 0 unspecified atom stereocenters. The SMILES string of the molecule is NC(=O)c1ccc(CN2CCC(c3ncco3)CC2)cc1.